The van der Waals surface area contributed by atoms with Gasteiger partial charge in [0.1, 0.15) is 5.82 Å². The van der Waals surface area contributed by atoms with Gasteiger partial charge in [-0.2, -0.15) is 0 Å². The van der Waals surface area contributed by atoms with E-state index in [0.29, 0.717) is 6.04 Å². The van der Waals surface area contributed by atoms with E-state index in [0.717, 1.165) is 32.6 Å². The Hall–Kier alpha value is -1.81. The summed E-state index contributed by atoms with van der Waals surface area (Å²) in [5.74, 6) is 0.921. The van der Waals surface area contributed by atoms with Crippen LogP contribution < -0.4 is 5.73 Å². The fraction of sp³-hybridized carbons (Fsp3) is 0.235. The number of nitrogens with two attached hydrogens (primary N) is 1. The van der Waals surface area contributed by atoms with Crippen molar-refractivity contribution in [3.8, 4) is 11.4 Å². The van der Waals surface area contributed by atoms with Gasteiger partial charge in [0.15, 0.2) is 0 Å². The highest BCUT2D eigenvalue weighted by atomic mass is 79.9. The number of hydrogen-bond acceptors (Lipinski definition) is 2. The fourth-order valence-electron chi connectivity index (χ4n) is 2.64. The number of nitrogens with zero attached hydrogens (tertiary/aromatic N) is 2. The molecule has 0 aliphatic heterocycles. The second kappa shape index (κ2) is 5.19. The zero-order chi connectivity index (χ0) is 15.1. The van der Waals surface area contributed by atoms with E-state index in [4.69, 9.17) is 10.7 Å². The summed E-state index contributed by atoms with van der Waals surface area (Å²) in [5.41, 5.74) is 11.2. The number of fused-ring (bicyclic) bond motifs is 1. The minimum absolute atomic E-state index is 0.311. The van der Waals surface area contributed by atoms with E-state index in [-0.39, 0.29) is 0 Å². The number of aryl methyl sites for hydroxylation is 1. The average Bonchev–Trinajstić information content (AvgIpc) is 2.79. The lowest BCUT2D eigenvalue weighted by Crippen LogP contribution is -2.04. The predicted molar refractivity (Wildman–Crippen MR) is 92.4 cm³/mol. The Morgan fingerprint density at radius 1 is 1.14 bits per heavy atom. The van der Waals surface area contributed by atoms with Crippen molar-refractivity contribution >= 4 is 32.7 Å². The molecule has 0 aliphatic carbocycles. The molecule has 0 amide bonds. The van der Waals surface area contributed by atoms with Crippen molar-refractivity contribution in [2.45, 2.75) is 26.8 Å². The van der Waals surface area contributed by atoms with Crippen LogP contribution in [0.1, 0.15) is 25.5 Å². The third kappa shape index (κ3) is 2.44. The van der Waals surface area contributed by atoms with Crippen LogP contribution in [-0.4, -0.2) is 9.55 Å². The molecular formula is C17H18BrN3. The normalized spacial score (nSPS) is 11.5. The van der Waals surface area contributed by atoms with E-state index in [1.165, 1.54) is 5.56 Å². The van der Waals surface area contributed by atoms with Crippen molar-refractivity contribution in [1.29, 1.82) is 0 Å². The third-order valence-corrected chi connectivity index (χ3v) is 4.11. The molecule has 0 aliphatic rings. The van der Waals surface area contributed by atoms with Gasteiger partial charge in [-0.05, 0) is 56.7 Å². The molecule has 0 saturated carbocycles. The van der Waals surface area contributed by atoms with Gasteiger partial charge >= 0.3 is 0 Å². The van der Waals surface area contributed by atoms with E-state index in [2.05, 4.69) is 59.5 Å². The van der Waals surface area contributed by atoms with Crippen molar-refractivity contribution in [2.24, 2.45) is 0 Å². The Bertz CT molecular complexity index is 818. The van der Waals surface area contributed by atoms with E-state index in [9.17, 15) is 0 Å². The molecule has 21 heavy (non-hydrogen) atoms. The van der Waals surface area contributed by atoms with Crippen LogP contribution in [0.5, 0.6) is 0 Å². The van der Waals surface area contributed by atoms with Gasteiger partial charge in [-0.1, -0.05) is 22.0 Å². The molecule has 3 nitrogen and oxygen atoms in total. The van der Waals surface area contributed by atoms with Crippen molar-refractivity contribution in [3.05, 3.63) is 46.4 Å². The molecule has 0 saturated heterocycles. The Morgan fingerprint density at radius 3 is 2.62 bits per heavy atom. The molecule has 4 heteroatoms. The number of anilines is 1. The van der Waals surface area contributed by atoms with Crippen molar-refractivity contribution in [2.75, 3.05) is 5.73 Å². The molecule has 2 N–H and O–H groups in total. The van der Waals surface area contributed by atoms with Gasteiger partial charge in [0, 0.05) is 21.8 Å². The number of aromatic nitrogens is 2. The molecule has 0 radical (unpaired) electrons. The third-order valence-electron chi connectivity index (χ3n) is 3.62. The Balaban J connectivity index is 2.36. The molecule has 0 spiro atoms. The van der Waals surface area contributed by atoms with Crippen molar-refractivity contribution in [1.82, 2.24) is 9.55 Å². The zero-order valence-electron chi connectivity index (χ0n) is 12.4. The molecule has 108 valence electrons. The summed E-state index contributed by atoms with van der Waals surface area (Å²) in [7, 11) is 0. The number of nitrogen functional groups attached to an aromatic ring is 1. The molecule has 1 heterocycles. The maximum absolute atomic E-state index is 6.17. The lowest BCUT2D eigenvalue weighted by molar-refractivity contribution is 0.624. The quantitative estimate of drug-likeness (QED) is 0.670. The van der Waals surface area contributed by atoms with Crippen LogP contribution in [0.25, 0.3) is 22.4 Å². The van der Waals surface area contributed by atoms with Gasteiger partial charge in [-0.15, -0.1) is 0 Å². The monoisotopic (exact) mass is 343 g/mol. The maximum atomic E-state index is 6.17. The van der Waals surface area contributed by atoms with E-state index < -0.39 is 0 Å². The Kier molecular flexibility index (Phi) is 3.49. The summed E-state index contributed by atoms with van der Waals surface area (Å²) >= 11 is 3.52. The Labute approximate surface area is 132 Å². The number of rotatable bonds is 2. The van der Waals surface area contributed by atoms with Gasteiger partial charge in [0.25, 0.3) is 0 Å². The first-order chi connectivity index (χ1) is 9.97. The van der Waals surface area contributed by atoms with E-state index >= 15 is 0 Å². The lowest BCUT2D eigenvalue weighted by atomic mass is 10.1. The topological polar surface area (TPSA) is 43.8 Å². The summed E-state index contributed by atoms with van der Waals surface area (Å²) in [6.45, 7) is 6.41. The van der Waals surface area contributed by atoms with Crippen LogP contribution in [0, 0.1) is 6.92 Å². The molecule has 0 unspecified atom stereocenters. The molecule has 0 atom stereocenters. The summed E-state index contributed by atoms with van der Waals surface area (Å²) < 4.78 is 3.25. The first kappa shape index (κ1) is 14.1. The predicted octanol–water partition coefficient (Wildman–Crippen LogP) is 4.94. The highest BCUT2D eigenvalue weighted by Gasteiger charge is 2.17. The molecular weight excluding hydrogens is 326 g/mol. The summed E-state index contributed by atoms with van der Waals surface area (Å²) in [5, 5.41) is 0. The number of hydrogen-bond donors (Lipinski definition) is 1. The van der Waals surface area contributed by atoms with Gasteiger partial charge < -0.3 is 10.3 Å². The average molecular weight is 344 g/mol. The fourth-order valence-corrected chi connectivity index (χ4v) is 3.00. The second-order valence-electron chi connectivity index (χ2n) is 5.62. The van der Waals surface area contributed by atoms with E-state index in [1.807, 2.05) is 18.2 Å². The van der Waals surface area contributed by atoms with Crippen molar-refractivity contribution < 1.29 is 0 Å². The van der Waals surface area contributed by atoms with Crippen LogP contribution >= 0.6 is 15.9 Å². The van der Waals surface area contributed by atoms with Gasteiger partial charge in [-0.3, -0.25) is 0 Å². The van der Waals surface area contributed by atoms with Crippen LogP contribution in [0.15, 0.2) is 40.9 Å². The van der Waals surface area contributed by atoms with E-state index in [1.54, 1.807) is 0 Å². The summed E-state index contributed by atoms with van der Waals surface area (Å²) in [6.07, 6.45) is 0. The van der Waals surface area contributed by atoms with Crippen LogP contribution in [0.4, 0.5) is 5.69 Å². The summed E-state index contributed by atoms with van der Waals surface area (Å²) in [4.78, 5) is 4.83. The highest BCUT2D eigenvalue weighted by molar-refractivity contribution is 9.10. The smallest absolute Gasteiger partial charge is 0.143 e. The highest BCUT2D eigenvalue weighted by Crippen LogP contribution is 2.33. The van der Waals surface area contributed by atoms with Crippen LogP contribution in [-0.2, 0) is 0 Å². The number of halogens is 1. The first-order valence-corrected chi connectivity index (χ1v) is 7.80. The lowest BCUT2D eigenvalue weighted by Gasteiger charge is -2.14. The Morgan fingerprint density at radius 2 is 1.90 bits per heavy atom. The SMILES string of the molecule is Cc1ccc2c(c1)nc(-c1cc(Br)ccc1N)n2C(C)C. The maximum Gasteiger partial charge on any atom is 0.143 e. The molecule has 3 rings (SSSR count). The van der Waals surface area contributed by atoms with Gasteiger partial charge in [0.05, 0.1) is 11.0 Å². The first-order valence-electron chi connectivity index (χ1n) is 7.01. The van der Waals surface area contributed by atoms with Crippen molar-refractivity contribution in [3.63, 3.8) is 0 Å². The molecule has 0 bridgehead atoms. The van der Waals surface area contributed by atoms with Gasteiger partial charge in [-0.25, -0.2) is 4.98 Å². The molecule has 0 fully saturated rings. The van der Waals surface area contributed by atoms with Crippen LogP contribution in [0.3, 0.4) is 0 Å². The number of benzene rings is 2. The molecule has 2 aromatic carbocycles. The van der Waals surface area contributed by atoms with Crippen LogP contribution in [0.2, 0.25) is 0 Å². The minimum atomic E-state index is 0.311. The largest absolute Gasteiger partial charge is 0.398 e. The van der Waals surface area contributed by atoms with Gasteiger partial charge in [0.2, 0.25) is 0 Å². The molecule has 1 aromatic heterocycles. The zero-order valence-corrected chi connectivity index (χ0v) is 14.0. The number of imidazole rings is 1. The second-order valence-corrected chi connectivity index (χ2v) is 6.54. The minimum Gasteiger partial charge on any atom is -0.398 e. The standard InChI is InChI=1S/C17H18BrN3/c1-10(2)21-16-7-4-11(3)8-15(16)20-17(21)13-9-12(18)5-6-14(13)19/h4-10H,19H2,1-3H3. The molecule has 3 aromatic rings. The summed E-state index contributed by atoms with van der Waals surface area (Å²) in [6, 6.07) is 12.6.